The lowest BCUT2D eigenvalue weighted by atomic mass is 9.90. The number of urea groups is 1. The number of rotatable bonds is 6. The number of anilines is 1. The van der Waals surface area contributed by atoms with Crippen molar-refractivity contribution in [3.05, 3.63) is 11.5 Å². The Balaban J connectivity index is 2.54. The topological polar surface area (TPSA) is 87.4 Å². The van der Waals surface area contributed by atoms with Crippen molar-refractivity contribution in [3.8, 4) is 0 Å². The maximum Gasteiger partial charge on any atom is 0.319 e. The molecule has 1 aromatic heterocycles. The molecule has 0 aliphatic rings. The number of aliphatic hydroxyl groups is 1. The van der Waals surface area contributed by atoms with Gasteiger partial charge in [0.2, 0.25) is 0 Å². The zero-order valence-corrected chi connectivity index (χ0v) is 12.0. The molecule has 0 aromatic carbocycles. The van der Waals surface area contributed by atoms with Crippen LogP contribution in [0.5, 0.6) is 0 Å². The molecule has 0 aliphatic heterocycles. The third-order valence-electron chi connectivity index (χ3n) is 3.02. The maximum atomic E-state index is 11.8. The van der Waals surface area contributed by atoms with Crippen molar-refractivity contribution in [1.82, 2.24) is 10.5 Å². The SMILES string of the molecule is CCc1noc(C)c1NC(=O)NCC(C)(C)CCO. The number of nitrogens with one attached hydrogen (secondary N) is 2. The van der Waals surface area contributed by atoms with Crippen LogP contribution in [-0.4, -0.2) is 29.4 Å². The smallest absolute Gasteiger partial charge is 0.319 e. The summed E-state index contributed by atoms with van der Waals surface area (Å²) in [6, 6.07) is -0.285. The Morgan fingerprint density at radius 1 is 1.47 bits per heavy atom. The lowest BCUT2D eigenvalue weighted by Crippen LogP contribution is -2.37. The van der Waals surface area contributed by atoms with Crippen molar-refractivity contribution in [3.63, 3.8) is 0 Å². The van der Waals surface area contributed by atoms with Crippen LogP contribution >= 0.6 is 0 Å². The molecule has 0 unspecified atom stereocenters. The molecule has 1 heterocycles. The number of aryl methyl sites for hydroxylation is 2. The van der Waals surface area contributed by atoms with E-state index in [1.165, 1.54) is 0 Å². The Morgan fingerprint density at radius 2 is 2.16 bits per heavy atom. The Kier molecular flexibility index (Phi) is 5.35. The summed E-state index contributed by atoms with van der Waals surface area (Å²) < 4.78 is 5.05. The highest BCUT2D eigenvalue weighted by Gasteiger charge is 2.19. The molecule has 0 aliphatic carbocycles. The number of amides is 2. The van der Waals surface area contributed by atoms with Gasteiger partial charge in [0.1, 0.15) is 11.4 Å². The summed E-state index contributed by atoms with van der Waals surface area (Å²) in [6.45, 7) is 8.30. The maximum absolute atomic E-state index is 11.8. The fourth-order valence-electron chi connectivity index (χ4n) is 1.69. The first kappa shape index (κ1) is 15.5. The monoisotopic (exact) mass is 269 g/mol. The van der Waals surface area contributed by atoms with Crippen molar-refractivity contribution in [2.45, 2.75) is 40.5 Å². The molecule has 0 bridgehead atoms. The van der Waals surface area contributed by atoms with E-state index >= 15 is 0 Å². The minimum absolute atomic E-state index is 0.112. The molecule has 0 saturated heterocycles. The molecule has 0 radical (unpaired) electrons. The number of aliphatic hydroxyl groups excluding tert-OH is 1. The van der Waals surface area contributed by atoms with Crippen molar-refractivity contribution in [2.24, 2.45) is 5.41 Å². The third kappa shape index (κ3) is 4.55. The largest absolute Gasteiger partial charge is 0.396 e. The van der Waals surface area contributed by atoms with Gasteiger partial charge in [0.05, 0.1) is 0 Å². The summed E-state index contributed by atoms with van der Waals surface area (Å²) >= 11 is 0. The molecule has 0 spiro atoms. The number of carbonyl (C=O) groups is 1. The van der Waals surface area contributed by atoms with Crippen LogP contribution in [0.25, 0.3) is 0 Å². The molecule has 19 heavy (non-hydrogen) atoms. The molecule has 6 nitrogen and oxygen atoms in total. The Morgan fingerprint density at radius 3 is 2.74 bits per heavy atom. The van der Waals surface area contributed by atoms with E-state index in [0.717, 1.165) is 5.69 Å². The van der Waals surface area contributed by atoms with Gasteiger partial charge in [-0.25, -0.2) is 4.79 Å². The second-order valence-corrected chi connectivity index (χ2v) is 5.36. The Bertz CT molecular complexity index is 427. The van der Waals surface area contributed by atoms with Crippen molar-refractivity contribution in [2.75, 3.05) is 18.5 Å². The van der Waals surface area contributed by atoms with Crippen LogP contribution in [0.2, 0.25) is 0 Å². The van der Waals surface area contributed by atoms with Crippen LogP contribution in [0.4, 0.5) is 10.5 Å². The summed E-state index contributed by atoms with van der Waals surface area (Å²) in [5, 5.41) is 18.4. The quantitative estimate of drug-likeness (QED) is 0.737. The van der Waals surface area contributed by atoms with Gasteiger partial charge in [0.25, 0.3) is 0 Å². The van der Waals surface area contributed by atoms with Gasteiger partial charge in [-0.2, -0.15) is 0 Å². The summed E-state index contributed by atoms with van der Waals surface area (Å²) in [7, 11) is 0. The van der Waals surface area contributed by atoms with Gasteiger partial charge >= 0.3 is 6.03 Å². The fraction of sp³-hybridized carbons (Fsp3) is 0.692. The van der Waals surface area contributed by atoms with Crippen LogP contribution in [0.1, 0.15) is 38.6 Å². The van der Waals surface area contributed by atoms with E-state index in [9.17, 15) is 4.79 Å². The van der Waals surface area contributed by atoms with Gasteiger partial charge in [-0.3, -0.25) is 0 Å². The van der Waals surface area contributed by atoms with Crippen LogP contribution in [0.3, 0.4) is 0 Å². The first-order valence-electron chi connectivity index (χ1n) is 6.50. The number of hydrogen-bond acceptors (Lipinski definition) is 4. The molecule has 0 atom stereocenters. The van der Waals surface area contributed by atoms with Crippen LogP contribution < -0.4 is 10.6 Å². The normalized spacial score (nSPS) is 11.4. The fourth-order valence-corrected chi connectivity index (χ4v) is 1.69. The summed E-state index contributed by atoms with van der Waals surface area (Å²) in [5.41, 5.74) is 1.24. The van der Waals surface area contributed by atoms with Crippen molar-refractivity contribution < 1.29 is 14.4 Å². The first-order chi connectivity index (χ1) is 8.89. The molecule has 1 rings (SSSR count). The molecular weight excluding hydrogens is 246 g/mol. The lowest BCUT2D eigenvalue weighted by molar-refractivity contribution is 0.204. The van der Waals surface area contributed by atoms with E-state index in [1.54, 1.807) is 6.92 Å². The highest BCUT2D eigenvalue weighted by Crippen LogP contribution is 2.21. The minimum Gasteiger partial charge on any atom is -0.396 e. The van der Waals surface area contributed by atoms with Crippen LogP contribution in [-0.2, 0) is 6.42 Å². The Labute approximate surface area is 113 Å². The number of carbonyl (C=O) groups excluding carboxylic acids is 1. The van der Waals surface area contributed by atoms with E-state index < -0.39 is 0 Å². The standard InChI is InChI=1S/C13H23N3O3/c1-5-10-11(9(2)19-16-10)15-12(18)14-8-13(3,4)6-7-17/h17H,5-8H2,1-4H3,(H2,14,15,18). The minimum atomic E-state index is -0.285. The van der Waals surface area contributed by atoms with Gasteiger partial charge in [0.15, 0.2) is 5.76 Å². The number of hydrogen-bond donors (Lipinski definition) is 3. The number of nitrogens with zero attached hydrogens (tertiary/aromatic N) is 1. The van der Waals surface area contributed by atoms with E-state index in [4.69, 9.17) is 9.63 Å². The summed E-state index contributed by atoms with van der Waals surface area (Å²) in [6.07, 6.45) is 1.34. The third-order valence-corrected chi connectivity index (χ3v) is 3.02. The van der Waals surface area contributed by atoms with Crippen molar-refractivity contribution in [1.29, 1.82) is 0 Å². The van der Waals surface area contributed by atoms with Crippen molar-refractivity contribution >= 4 is 11.7 Å². The predicted octanol–water partition coefficient (Wildman–Crippen LogP) is 2.08. The second kappa shape index (κ2) is 6.56. The zero-order chi connectivity index (χ0) is 14.5. The molecule has 6 heteroatoms. The second-order valence-electron chi connectivity index (χ2n) is 5.36. The van der Waals surface area contributed by atoms with Gasteiger partial charge in [-0.1, -0.05) is 25.9 Å². The Hall–Kier alpha value is -1.56. The lowest BCUT2D eigenvalue weighted by Gasteiger charge is -2.23. The highest BCUT2D eigenvalue weighted by atomic mass is 16.5. The van der Waals surface area contributed by atoms with Gasteiger partial charge in [-0.05, 0) is 25.2 Å². The zero-order valence-electron chi connectivity index (χ0n) is 12.0. The average Bonchev–Trinajstić information content (AvgIpc) is 2.68. The highest BCUT2D eigenvalue weighted by molar-refractivity contribution is 5.90. The summed E-state index contributed by atoms with van der Waals surface area (Å²) in [5.74, 6) is 0.599. The van der Waals surface area contributed by atoms with Crippen LogP contribution in [0, 0.1) is 12.3 Å². The molecule has 1 aromatic rings. The van der Waals surface area contributed by atoms with E-state index in [-0.39, 0.29) is 18.1 Å². The number of aromatic nitrogens is 1. The van der Waals surface area contributed by atoms with Gasteiger partial charge in [0, 0.05) is 13.2 Å². The average molecular weight is 269 g/mol. The molecule has 108 valence electrons. The molecule has 2 amide bonds. The van der Waals surface area contributed by atoms with E-state index in [1.807, 2.05) is 20.8 Å². The van der Waals surface area contributed by atoms with Gasteiger partial charge in [-0.15, -0.1) is 0 Å². The molecule has 3 N–H and O–H groups in total. The van der Waals surface area contributed by atoms with E-state index in [2.05, 4.69) is 15.8 Å². The molecule has 0 saturated carbocycles. The predicted molar refractivity (Wildman–Crippen MR) is 73.1 cm³/mol. The van der Waals surface area contributed by atoms with Crippen LogP contribution in [0.15, 0.2) is 4.52 Å². The summed E-state index contributed by atoms with van der Waals surface area (Å²) in [4.78, 5) is 11.8. The molecular formula is C13H23N3O3. The van der Waals surface area contributed by atoms with Gasteiger partial charge < -0.3 is 20.3 Å². The molecule has 0 fully saturated rings. The first-order valence-corrected chi connectivity index (χ1v) is 6.50. The van der Waals surface area contributed by atoms with E-state index in [0.29, 0.717) is 30.8 Å².